The van der Waals surface area contributed by atoms with E-state index in [0.29, 0.717) is 24.4 Å². The van der Waals surface area contributed by atoms with E-state index >= 15 is 0 Å². The molecule has 0 fully saturated rings. The predicted octanol–water partition coefficient (Wildman–Crippen LogP) is 1.57. The smallest absolute Gasteiger partial charge is 0.338 e. The van der Waals surface area contributed by atoms with Crippen LogP contribution in [-0.2, 0) is 14.3 Å². The van der Waals surface area contributed by atoms with E-state index in [1.165, 1.54) is 12.1 Å². The summed E-state index contributed by atoms with van der Waals surface area (Å²) in [5.41, 5.74) is 0.826. The van der Waals surface area contributed by atoms with Crippen molar-refractivity contribution < 1.29 is 19.1 Å². The molecule has 0 aliphatic rings. The topological polar surface area (TPSA) is 84.5 Å². The van der Waals surface area contributed by atoms with Gasteiger partial charge in [-0.15, -0.1) is 0 Å². The summed E-state index contributed by atoms with van der Waals surface area (Å²) in [7, 11) is 0. The van der Waals surface area contributed by atoms with Crippen molar-refractivity contribution in [3.8, 4) is 0 Å². The fourth-order valence-corrected chi connectivity index (χ4v) is 1.47. The van der Waals surface area contributed by atoms with Crippen LogP contribution in [0.2, 0.25) is 0 Å². The Morgan fingerprint density at radius 1 is 1.10 bits per heavy atom. The normalized spacial score (nSPS) is 10.1. The molecule has 0 atom stereocenters. The third-order valence-corrected chi connectivity index (χ3v) is 2.53. The lowest BCUT2D eigenvalue weighted by atomic mass is 10.2. The van der Waals surface area contributed by atoms with Gasteiger partial charge in [-0.3, -0.25) is 9.59 Å². The van der Waals surface area contributed by atoms with Crippen LogP contribution in [0.25, 0.3) is 0 Å². The fourth-order valence-electron chi connectivity index (χ4n) is 1.47. The van der Waals surface area contributed by atoms with Gasteiger partial charge < -0.3 is 15.4 Å². The van der Waals surface area contributed by atoms with E-state index < -0.39 is 17.8 Å². The first-order chi connectivity index (χ1) is 9.93. The maximum atomic E-state index is 11.6. The van der Waals surface area contributed by atoms with Gasteiger partial charge in [0.15, 0.2) is 0 Å². The quantitative estimate of drug-likeness (QED) is 0.637. The molecule has 0 aliphatic heterocycles. The number of anilines is 1. The molecule has 0 aromatic heterocycles. The van der Waals surface area contributed by atoms with Gasteiger partial charge >= 0.3 is 17.8 Å². The average molecular weight is 292 g/mol. The van der Waals surface area contributed by atoms with Crippen LogP contribution >= 0.6 is 0 Å². The number of carbonyl (C=O) groups excluding carboxylic acids is 3. The lowest BCUT2D eigenvalue weighted by molar-refractivity contribution is -0.136. The lowest BCUT2D eigenvalue weighted by Crippen LogP contribution is -2.37. The summed E-state index contributed by atoms with van der Waals surface area (Å²) in [5.74, 6) is -1.58. The van der Waals surface area contributed by atoms with Crippen molar-refractivity contribution in [1.82, 2.24) is 5.32 Å². The number of carbonyl (C=O) groups is 3. The maximum absolute atomic E-state index is 11.6. The molecule has 0 saturated heterocycles. The highest BCUT2D eigenvalue weighted by Gasteiger charge is 2.14. The van der Waals surface area contributed by atoms with Gasteiger partial charge in [0.05, 0.1) is 12.2 Å². The van der Waals surface area contributed by atoms with Crippen LogP contribution in [0.5, 0.6) is 0 Å². The summed E-state index contributed by atoms with van der Waals surface area (Å²) in [6.07, 6.45) is 0. The van der Waals surface area contributed by atoms with Crippen molar-refractivity contribution >= 4 is 23.5 Å². The minimum atomic E-state index is -0.737. The van der Waals surface area contributed by atoms with E-state index in [1.807, 2.05) is 13.8 Å². The molecular weight excluding hydrogens is 272 g/mol. The van der Waals surface area contributed by atoms with E-state index in [4.69, 9.17) is 4.74 Å². The van der Waals surface area contributed by atoms with Crippen molar-refractivity contribution in [2.45, 2.75) is 20.8 Å². The minimum absolute atomic E-state index is 0.269. The standard InChI is InChI=1S/C15H20N2O4/c1-4-21-15(20)11-5-7-12(8-6-11)17-14(19)13(18)16-9-10(2)3/h5-8,10H,4,9H2,1-3H3,(H,16,18)(H,17,19). The van der Waals surface area contributed by atoms with Crippen LogP contribution in [0.4, 0.5) is 5.69 Å². The average Bonchev–Trinajstić information content (AvgIpc) is 2.45. The first-order valence-electron chi connectivity index (χ1n) is 6.80. The predicted molar refractivity (Wildman–Crippen MR) is 78.9 cm³/mol. The number of rotatable bonds is 5. The molecule has 1 aromatic carbocycles. The molecule has 0 saturated carbocycles. The molecule has 21 heavy (non-hydrogen) atoms. The second-order valence-electron chi connectivity index (χ2n) is 4.86. The molecule has 1 rings (SSSR count). The monoisotopic (exact) mass is 292 g/mol. The molecular formula is C15H20N2O4. The number of esters is 1. The first kappa shape index (κ1) is 16.7. The highest BCUT2D eigenvalue weighted by Crippen LogP contribution is 2.10. The van der Waals surface area contributed by atoms with Gasteiger partial charge in [-0.1, -0.05) is 13.8 Å². The second kappa shape index (κ2) is 8.04. The van der Waals surface area contributed by atoms with Gasteiger partial charge in [0.25, 0.3) is 0 Å². The minimum Gasteiger partial charge on any atom is -0.462 e. The molecule has 0 heterocycles. The van der Waals surface area contributed by atoms with Crippen LogP contribution in [0.3, 0.4) is 0 Å². The zero-order valence-corrected chi connectivity index (χ0v) is 12.4. The van der Waals surface area contributed by atoms with E-state index in [-0.39, 0.29) is 5.92 Å². The SMILES string of the molecule is CCOC(=O)c1ccc(NC(=O)C(=O)NCC(C)C)cc1. The van der Waals surface area contributed by atoms with E-state index in [0.717, 1.165) is 0 Å². The number of benzene rings is 1. The fraction of sp³-hybridized carbons (Fsp3) is 0.400. The van der Waals surface area contributed by atoms with Gasteiger partial charge in [-0.2, -0.15) is 0 Å². The number of nitrogens with one attached hydrogen (secondary N) is 2. The van der Waals surface area contributed by atoms with Crippen molar-refractivity contribution in [2.24, 2.45) is 5.92 Å². The Balaban J connectivity index is 2.57. The van der Waals surface area contributed by atoms with Gasteiger partial charge in [0, 0.05) is 12.2 Å². The summed E-state index contributed by atoms with van der Waals surface area (Å²) in [4.78, 5) is 34.6. The molecule has 6 nitrogen and oxygen atoms in total. The van der Waals surface area contributed by atoms with Crippen molar-refractivity contribution in [1.29, 1.82) is 0 Å². The molecule has 2 amide bonds. The molecule has 0 aliphatic carbocycles. The molecule has 2 N–H and O–H groups in total. The zero-order chi connectivity index (χ0) is 15.8. The Bertz CT molecular complexity index is 509. The molecule has 0 spiro atoms. The number of amides is 2. The van der Waals surface area contributed by atoms with Gasteiger partial charge in [-0.05, 0) is 37.1 Å². The molecule has 1 aromatic rings. The van der Waals surface area contributed by atoms with Crippen LogP contribution in [-0.4, -0.2) is 30.9 Å². The van der Waals surface area contributed by atoms with Gasteiger partial charge in [0.1, 0.15) is 0 Å². The van der Waals surface area contributed by atoms with Crippen LogP contribution in [0.1, 0.15) is 31.1 Å². The van der Waals surface area contributed by atoms with Crippen LogP contribution in [0, 0.1) is 5.92 Å². The lowest BCUT2D eigenvalue weighted by Gasteiger charge is -2.08. The first-order valence-corrected chi connectivity index (χ1v) is 6.80. The zero-order valence-electron chi connectivity index (χ0n) is 12.4. The summed E-state index contributed by atoms with van der Waals surface area (Å²) >= 11 is 0. The van der Waals surface area contributed by atoms with Crippen molar-refractivity contribution in [2.75, 3.05) is 18.5 Å². The highest BCUT2D eigenvalue weighted by atomic mass is 16.5. The van der Waals surface area contributed by atoms with Crippen LogP contribution in [0.15, 0.2) is 24.3 Å². The largest absolute Gasteiger partial charge is 0.462 e. The van der Waals surface area contributed by atoms with Crippen molar-refractivity contribution in [3.63, 3.8) is 0 Å². The Labute approximate surface area is 123 Å². The summed E-state index contributed by atoms with van der Waals surface area (Å²) in [6, 6.07) is 6.14. The summed E-state index contributed by atoms with van der Waals surface area (Å²) in [6.45, 7) is 6.34. The highest BCUT2D eigenvalue weighted by molar-refractivity contribution is 6.39. The number of ether oxygens (including phenoxy) is 1. The Morgan fingerprint density at radius 2 is 1.71 bits per heavy atom. The van der Waals surface area contributed by atoms with E-state index in [2.05, 4.69) is 10.6 Å². The molecule has 114 valence electrons. The second-order valence-corrected chi connectivity index (χ2v) is 4.86. The third-order valence-electron chi connectivity index (χ3n) is 2.53. The Morgan fingerprint density at radius 3 is 2.24 bits per heavy atom. The molecule has 0 radical (unpaired) electrons. The Kier molecular flexibility index (Phi) is 6.39. The number of hydrogen-bond donors (Lipinski definition) is 2. The van der Waals surface area contributed by atoms with Gasteiger partial charge in [0.2, 0.25) is 0 Å². The van der Waals surface area contributed by atoms with Crippen LogP contribution < -0.4 is 10.6 Å². The third kappa shape index (κ3) is 5.64. The summed E-state index contributed by atoms with van der Waals surface area (Å²) in [5, 5.41) is 4.98. The van der Waals surface area contributed by atoms with Crippen molar-refractivity contribution in [3.05, 3.63) is 29.8 Å². The van der Waals surface area contributed by atoms with E-state index in [1.54, 1.807) is 19.1 Å². The number of hydrogen-bond acceptors (Lipinski definition) is 4. The van der Waals surface area contributed by atoms with Gasteiger partial charge in [-0.25, -0.2) is 4.79 Å². The molecule has 6 heteroatoms. The molecule has 0 bridgehead atoms. The Hall–Kier alpha value is -2.37. The van der Waals surface area contributed by atoms with E-state index in [9.17, 15) is 14.4 Å². The maximum Gasteiger partial charge on any atom is 0.338 e. The summed E-state index contributed by atoms with van der Waals surface area (Å²) < 4.78 is 4.85. The molecule has 0 unspecified atom stereocenters.